The number of nitrogens with one attached hydrogen (secondary N) is 1. The molecule has 0 spiro atoms. The van der Waals surface area contributed by atoms with Crippen LogP contribution in [-0.4, -0.2) is 69.5 Å². The molecule has 152 valence electrons. The predicted molar refractivity (Wildman–Crippen MR) is 104 cm³/mol. The number of hydrogen-bond donors (Lipinski definition) is 1. The smallest absolute Gasteiger partial charge is 0.409 e. The Balaban J connectivity index is 1.93. The van der Waals surface area contributed by atoms with Crippen LogP contribution in [0.5, 0.6) is 0 Å². The van der Waals surface area contributed by atoms with Gasteiger partial charge in [-0.2, -0.15) is 4.72 Å². The first-order chi connectivity index (χ1) is 13.2. The van der Waals surface area contributed by atoms with Crippen LogP contribution in [0.2, 0.25) is 0 Å². The third-order valence-corrected chi connectivity index (χ3v) is 5.56. The SMILES string of the molecule is C#CCNS(=O)(=O)c1ccc(C(=O)N2CCN(C(=O)OCC(C)C)CC2)cc1. The molecular formula is C19H25N3O5S. The first-order valence-corrected chi connectivity index (χ1v) is 10.5. The Bertz CT molecular complexity index is 835. The molecule has 1 aromatic carbocycles. The molecule has 2 amide bonds. The molecule has 1 saturated heterocycles. The van der Waals surface area contributed by atoms with Crippen molar-refractivity contribution < 1.29 is 22.7 Å². The number of terminal acetylenes is 1. The highest BCUT2D eigenvalue weighted by molar-refractivity contribution is 7.89. The van der Waals surface area contributed by atoms with E-state index in [9.17, 15) is 18.0 Å². The Morgan fingerprint density at radius 2 is 1.71 bits per heavy atom. The van der Waals surface area contributed by atoms with Crippen LogP contribution in [0.3, 0.4) is 0 Å². The summed E-state index contributed by atoms with van der Waals surface area (Å²) in [5, 5.41) is 0. The normalized spacial score (nSPS) is 14.6. The molecule has 0 unspecified atom stereocenters. The molecule has 0 aliphatic carbocycles. The van der Waals surface area contributed by atoms with Gasteiger partial charge in [0.15, 0.2) is 0 Å². The van der Waals surface area contributed by atoms with Gasteiger partial charge in [0, 0.05) is 31.7 Å². The van der Waals surface area contributed by atoms with Crippen LogP contribution in [-0.2, 0) is 14.8 Å². The predicted octanol–water partition coefficient (Wildman–Crippen LogP) is 1.15. The van der Waals surface area contributed by atoms with E-state index in [2.05, 4.69) is 10.6 Å². The summed E-state index contributed by atoms with van der Waals surface area (Å²) in [6, 6.07) is 5.67. The highest BCUT2D eigenvalue weighted by Crippen LogP contribution is 2.14. The number of benzene rings is 1. The molecule has 0 saturated carbocycles. The number of carbonyl (C=O) groups is 2. The average molecular weight is 407 g/mol. The lowest BCUT2D eigenvalue weighted by molar-refractivity contribution is 0.0535. The standard InChI is InChI=1S/C19H25N3O5S/c1-4-9-20-28(25,26)17-7-5-16(6-8-17)18(23)21-10-12-22(13-11-21)19(24)27-14-15(2)3/h1,5-8,15,20H,9-14H2,2-3H3. The van der Waals surface area contributed by atoms with E-state index in [4.69, 9.17) is 11.2 Å². The van der Waals surface area contributed by atoms with E-state index in [0.717, 1.165) is 0 Å². The number of amides is 2. The molecule has 9 heteroatoms. The van der Waals surface area contributed by atoms with Gasteiger partial charge in [-0.1, -0.05) is 19.8 Å². The fraction of sp³-hybridized carbons (Fsp3) is 0.474. The summed E-state index contributed by atoms with van der Waals surface area (Å²) in [6.07, 6.45) is 4.69. The molecule has 1 aromatic rings. The van der Waals surface area contributed by atoms with E-state index in [1.165, 1.54) is 24.3 Å². The van der Waals surface area contributed by atoms with Gasteiger partial charge >= 0.3 is 6.09 Å². The number of piperazine rings is 1. The van der Waals surface area contributed by atoms with Crippen LogP contribution in [0, 0.1) is 18.3 Å². The quantitative estimate of drug-likeness (QED) is 0.714. The van der Waals surface area contributed by atoms with Crippen molar-refractivity contribution >= 4 is 22.0 Å². The molecule has 1 heterocycles. The lowest BCUT2D eigenvalue weighted by Gasteiger charge is -2.34. The second kappa shape index (κ2) is 9.57. The van der Waals surface area contributed by atoms with Crippen molar-refractivity contribution in [3.63, 3.8) is 0 Å². The van der Waals surface area contributed by atoms with Crippen molar-refractivity contribution in [2.24, 2.45) is 5.92 Å². The number of nitrogens with zero attached hydrogens (tertiary/aromatic N) is 2. The molecule has 2 rings (SSSR count). The monoisotopic (exact) mass is 407 g/mol. The van der Waals surface area contributed by atoms with Gasteiger partial charge in [0.05, 0.1) is 18.0 Å². The Kier molecular flexibility index (Phi) is 7.43. The highest BCUT2D eigenvalue weighted by atomic mass is 32.2. The summed E-state index contributed by atoms with van der Waals surface area (Å²) in [7, 11) is -3.69. The lowest BCUT2D eigenvalue weighted by Crippen LogP contribution is -2.50. The maximum atomic E-state index is 12.6. The maximum Gasteiger partial charge on any atom is 0.409 e. The molecule has 1 fully saturated rings. The minimum atomic E-state index is -3.69. The molecule has 1 aliphatic heterocycles. The zero-order chi connectivity index (χ0) is 20.7. The second-order valence-electron chi connectivity index (χ2n) is 6.80. The summed E-state index contributed by atoms with van der Waals surface area (Å²) in [5.74, 6) is 2.25. The van der Waals surface area contributed by atoms with Crippen LogP contribution in [0.1, 0.15) is 24.2 Å². The first kappa shape index (κ1) is 21.7. The van der Waals surface area contributed by atoms with Gasteiger partial charge < -0.3 is 14.5 Å². The van der Waals surface area contributed by atoms with Crippen molar-refractivity contribution in [2.75, 3.05) is 39.3 Å². The largest absolute Gasteiger partial charge is 0.449 e. The van der Waals surface area contributed by atoms with Gasteiger partial charge in [0.25, 0.3) is 5.91 Å². The third kappa shape index (κ3) is 5.71. The van der Waals surface area contributed by atoms with Crippen LogP contribution in [0.25, 0.3) is 0 Å². The molecule has 0 aromatic heterocycles. The van der Waals surface area contributed by atoms with Gasteiger partial charge in [-0.15, -0.1) is 6.42 Å². The minimum Gasteiger partial charge on any atom is -0.449 e. The van der Waals surface area contributed by atoms with E-state index >= 15 is 0 Å². The maximum absolute atomic E-state index is 12.6. The van der Waals surface area contributed by atoms with Gasteiger partial charge in [-0.25, -0.2) is 13.2 Å². The summed E-state index contributed by atoms with van der Waals surface area (Å²) in [5.41, 5.74) is 0.381. The topological polar surface area (TPSA) is 96.0 Å². The van der Waals surface area contributed by atoms with Crippen molar-refractivity contribution in [3.8, 4) is 12.3 Å². The van der Waals surface area contributed by atoms with Crippen LogP contribution >= 0.6 is 0 Å². The lowest BCUT2D eigenvalue weighted by atomic mass is 10.2. The fourth-order valence-electron chi connectivity index (χ4n) is 2.60. The second-order valence-corrected chi connectivity index (χ2v) is 8.57. The summed E-state index contributed by atoms with van der Waals surface area (Å²) < 4.78 is 31.5. The third-order valence-electron chi connectivity index (χ3n) is 4.14. The molecule has 1 aliphatic rings. The van der Waals surface area contributed by atoms with Gasteiger partial charge in [-0.3, -0.25) is 4.79 Å². The number of hydrogen-bond acceptors (Lipinski definition) is 5. The number of ether oxygens (including phenoxy) is 1. The van der Waals surface area contributed by atoms with Gasteiger partial charge in [-0.05, 0) is 30.2 Å². The molecule has 8 nitrogen and oxygen atoms in total. The molecule has 1 N–H and O–H groups in total. The zero-order valence-electron chi connectivity index (χ0n) is 16.1. The van der Waals surface area contributed by atoms with Crippen LogP contribution in [0.4, 0.5) is 4.79 Å². The molecular weight excluding hydrogens is 382 g/mol. The van der Waals surface area contributed by atoms with E-state index < -0.39 is 10.0 Å². The molecule has 28 heavy (non-hydrogen) atoms. The number of carbonyl (C=O) groups excluding carboxylic acids is 2. The highest BCUT2D eigenvalue weighted by Gasteiger charge is 2.26. The van der Waals surface area contributed by atoms with E-state index in [1.54, 1.807) is 9.80 Å². The van der Waals surface area contributed by atoms with E-state index in [-0.39, 0.29) is 29.4 Å². The van der Waals surface area contributed by atoms with Gasteiger partial charge in [0.2, 0.25) is 10.0 Å². The Labute approximate surface area is 165 Å². The van der Waals surface area contributed by atoms with Crippen molar-refractivity contribution in [1.82, 2.24) is 14.5 Å². The molecule has 0 radical (unpaired) electrons. The average Bonchev–Trinajstić information content (AvgIpc) is 2.70. The molecule has 0 bridgehead atoms. The molecule has 0 atom stereocenters. The number of rotatable bonds is 6. The Morgan fingerprint density at radius 3 is 2.25 bits per heavy atom. The van der Waals surface area contributed by atoms with Crippen molar-refractivity contribution in [3.05, 3.63) is 29.8 Å². The first-order valence-electron chi connectivity index (χ1n) is 8.98. The van der Waals surface area contributed by atoms with Gasteiger partial charge in [0.1, 0.15) is 0 Å². The fourth-order valence-corrected chi connectivity index (χ4v) is 3.54. The Morgan fingerprint density at radius 1 is 1.14 bits per heavy atom. The minimum absolute atomic E-state index is 0.0389. The van der Waals surface area contributed by atoms with Crippen LogP contribution < -0.4 is 4.72 Å². The summed E-state index contributed by atoms with van der Waals surface area (Å²) in [6.45, 7) is 5.75. The summed E-state index contributed by atoms with van der Waals surface area (Å²) in [4.78, 5) is 27.9. The van der Waals surface area contributed by atoms with Crippen molar-refractivity contribution in [2.45, 2.75) is 18.7 Å². The number of sulfonamides is 1. The summed E-state index contributed by atoms with van der Waals surface area (Å²) >= 11 is 0. The Hall–Kier alpha value is -2.57. The van der Waals surface area contributed by atoms with Crippen LogP contribution in [0.15, 0.2) is 29.2 Å². The van der Waals surface area contributed by atoms with E-state index in [1.807, 2.05) is 13.8 Å². The van der Waals surface area contributed by atoms with E-state index in [0.29, 0.717) is 38.3 Å². The zero-order valence-corrected chi connectivity index (χ0v) is 16.9. The van der Waals surface area contributed by atoms with Crippen molar-refractivity contribution in [1.29, 1.82) is 0 Å².